The summed E-state index contributed by atoms with van der Waals surface area (Å²) in [6, 6.07) is 7.87. The van der Waals surface area contributed by atoms with Gasteiger partial charge in [-0.2, -0.15) is 0 Å². The van der Waals surface area contributed by atoms with Gasteiger partial charge < -0.3 is 19.7 Å². The predicted molar refractivity (Wildman–Crippen MR) is 112 cm³/mol. The SMILES string of the molecule is CC[C@H]1CN(C(C)=O)[C@H](c2[nH]c3ccccc3c2CCO)C[C@H]1[C@@H](C)C(=O)OC. The normalized spacial score (nSPS) is 23.2. The second-order valence-electron chi connectivity index (χ2n) is 8.10. The van der Waals surface area contributed by atoms with E-state index >= 15 is 0 Å². The van der Waals surface area contributed by atoms with Gasteiger partial charge in [0, 0.05) is 36.7 Å². The number of para-hydroxylation sites is 1. The van der Waals surface area contributed by atoms with Gasteiger partial charge in [0.2, 0.25) is 5.91 Å². The van der Waals surface area contributed by atoms with Crippen molar-refractivity contribution in [2.75, 3.05) is 20.3 Å². The Labute approximate surface area is 172 Å². The molecule has 3 rings (SSSR count). The standard InChI is InChI=1S/C23H32N2O4/c1-5-16-13-25(15(3)27)21(12-19(16)14(2)23(28)29-4)22-18(10-11-26)17-8-6-7-9-20(17)24-22/h6-9,14,16,19,21,24,26H,5,10-13H2,1-4H3/t14-,16+,19+,21+/m1/s1. The smallest absolute Gasteiger partial charge is 0.308 e. The maximum absolute atomic E-state index is 12.6. The Morgan fingerprint density at radius 1 is 1.34 bits per heavy atom. The molecule has 1 aromatic heterocycles. The minimum Gasteiger partial charge on any atom is -0.469 e. The number of amides is 1. The van der Waals surface area contributed by atoms with Crippen LogP contribution in [0.4, 0.5) is 0 Å². The highest BCUT2D eigenvalue weighted by molar-refractivity contribution is 5.85. The zero-order chi connectivity index (χ0) is 21.1. The van der Waals surface area contributed by atoms with Crippen molar-refractivity contribution in [1.29, 1.82) is 0 Å². The number of aromatic nitrogens is 1. The van der Waals surface area contributed by atoms with Gasteiger partial charge in [0.25, 0.3) is 0 Å². The molecule has 4 atom stereocenters. The molecular weight excluding hydrogens is 368 g/mol. The van der Waals surface area contributed by atoms with Gasteiger partial charge in [0.05, 0.1) is 19.1 Å². The van der Waals surface area contributed by atoms with Gasteiger partial charge >= 0.3 is 5.97 Å². The van der Waals surface area contributed by atoms with Crippen molar-refractivity contribution in [1.82, 2.24) is 9.88 Å². The Hall–Kier alpha value is -2.34. The van der Waals surface area contributed by atoms with Crippen molar-refractivity contribution in [3.63, 3.8) is 0 Å². The predicted octanol–water partition coefficient (Wildman–Crippen LogP) is 3.45. The van der Waals surface area contributed by atoms with E-state index in [1.807, 2.05) is 36.1 Å². The third-order valence-electron chi connectivity index (χ3n) is 6.59. The molecule has 0 unspecified atom stereocenters. The van der Waals surface area contributed by atoms with Gasteiger partial charge in [-0.05, 0) is 36.3 Å². The van der Waals surface area contributed by atoms with Gasteiger partial charge in [0.15, 0.2) is 0 Å². The molecular formula is C23H32N2O4. The fourth-order valence-electron chi connectivity index (χ4n) is 5.01. The number of likely N-dealkylation sites (tertiary alicyclic amines) is 1. The van der Waals surface area contributed by atoms with E-state index in [2.05, 4.69) is 11.9 Å². The average molecular weight is 401 g/mol. The van der Waals surface area contributed by atoms with E-state index in [9.17, 15) is 14.7 Å². The Bertz CT molecular complexity index is 875. The Balaban J connectivity index is 2.07. The number of rotatable bonds is 6. The summed E-state index contributed by atoms with van der Waals surface area (Å²) in [7, 11) is 1.43. The van der Waals surface area contributed by atoms with Crippen LogP contribution in [-0.2, 0) is 20.7 Å². The monoisotopic (exact) mass is 400 g/mol. The summed E-state index contributed by atoms with van der Waals surface area (Å²) < 4.78 is 5.02. The summed E-state index contributed by atoms with van der Waals surface area (Å²) in [6.45, 7) is 6.32. The third-order valence-corrected chi connectivity index (χ3v) is 6.59. The highest BCUT2D eigenvalue weighted by Gasteiger charge is 2.42. The molecule has 6 nitrogen and oxygen atoms in total. The maximum atomic E-state index is 12.6. The molecule has 1 aromatic carbocycles. The second kappa shape index (κ2) is 8.99. The quantitative estimate of drug-likeness (QED) is 0.728. The first-order valence-electron chi connectivity index (χ1n) is 10.5. The number of H-pyrrole nitrogens is 1. The van der Waals surface area contributed by atoms with Gasteiger partial charge in [-0.1, -0.05) is 38.5 Å². The van der Waals surface area contributed by atoms with E-state index < -0.39 is 0 Å². The van der Waals surface area contributed by atoms with Crippen LogP contribution in [0.5, 0.6) is 0 Å². The zero-order valence-electron chi connectivity index (χ0n) is 17.8. The fourth-order valence-corrected chi connectivity index (χ4v) is 5.01. The van der Waals surface area contributed by atoms with E-state index in [0.29, 0.717) is 19.4 Å². The summed E-state index contributed by atoms with van der Waals surface area (Å²) >= 11 is 0. The molecule has 29 heavy (non-hydrogen) atoms. The van der Waals surface area contributed by atoms with Crippen LogP contribution in [0.3, 0.4) is 0 Å². The molecule has 1 aliphatic rings. The van der Waals surface area contributed by atoms with E-state index in [-0.39, 0.29) is 42.3 Å². The van der Waals surface area contributed by atoms with Crippen molar-refractivity contribution in [2.45, 2.75) is 46.1 Å². The molecule has 2 aromatic rings. The number of ether oxygens (including phenoxy) is 1. The molecule has 2 heterocycles. The summed E-state index contributed by atoms with van der Waals surface area (Å²) in [4.78, 5) is 30.3. The molecule has 1 amide bonds. The molecule has 0 radical (unpaired) electrons. The first-order chi connectivity index (χ1) is 13.9. The summed E-state index contributed by atoms with van der Waals surface area (Å²) in [5, 5.41) is 10.7. The Morgan fingerprint density at radius 2 is 2.07 bits per heavy atom. The van der Waals surface area contributed by atoms with Crippen LogP contribution in [0, 0.1) is 17.8 Å². The van der Waals surface area contributed by atoms with E-state index in [0.717, 1.165) is 28.6 Å². The molecule has 1 saturated heterocycles. The highest BCUT2D eigenvalue weighted by atomic mass is 16.5. The average Bonchev–Trinajstić information content (AvgIpc) is 3.10. The number of hydrogen-bond donors (Lipinski definition) is 2. The van der Waals surface area contributed by atoms with Crippen molar-refractivity contribution in [3.8, 4) is 0 Å². The molecule has 1 aliphatic heterocycles. The number of aromatic amines is 1. The van der Waals surface area contributed by atoms with Crippen LogP contribution in [0.25, 0.3) is 10.9 Å². The number of piperidine rings is 1. The minimum atomic E-state index is -0.229. The Morgan fingerprint density at radius 3 is 2.69 bits per heavy atom. The number of fused-ring (bicyclic) bond motifs is 1. The number of aliphatic hydroxyl groups excluding tert-OH is 1. The lowest BCUT2D eigenvalue weighted by molar-refractivity contribution is -0.150. The number of benzene rings is 1. The largest absolute Gasteiger partial charge is 0.469 e. The molecule has 0 aliphatic carbocycles. The molecule has 2 N–H and O–H groups in total. The zero-order valence-corrected chi connectivity index (χ0v) is 17.8. The summed E-state index contributed by atoms with van der Waals surface area (Å²) in [5.74, 6) is -0.0227. The third kappa shape index (κ3) is 4.04. The molecule has 1 fully saturated rings. The van der Waals surface area contributed by atoms with Crippen LogP contribution >= 0.6 is 0 Å². The lowest BCUT2D eigenvalue weighted by Crippen LogP contribution is -2.47. The number of methoxy groups -OCH3 is 1. The van der Waals surface area contributed by atoms with Gasteiger partial charge in [-0.25, -0.2) is 0 Å². The van der Waals surface area contributed by atoms with Crippen molar-refractivity contribution < 1.29 is 19.4 Å². The lowest BCUT2D eigenvalue weighted by atomic mass is 9.72. The number of nitrogens with zero attached hydrogens (tertiary/aromatic N) is 1. The number of hydrogen-bond acceptors (Lipinski definition) is 4. The fraction of sp³-hybridized carbons (Fsp3) is 0.565. The minimum absolute atomic E-state index is 0.0335. The number of aliphatic hydroxyl groups is 1. The molecule has 158 valence electrons. The van der Waals surface area contributed by atoms with Gasteiger partial charge in [-0.3, -0.25) is 9.59 Å². The van der Waals surface area contributed by atoms with Crippen molar-refractivity contribution in [2.24, 2.45) is 17.8 Å². The number of nitrogens with one attached hydrogen (secondary N) is 1. The first kappa shape index (κ1) is 21.4. The summed E-state index contributed by atoms with van der Waals surface area (Å²) in [6.07, 6.45) is 2.12. The number of esters is 1. The molecule has 0 bridgehead atoms. The van der Waals surface area contributed by atoms with Crippen LogP contribution < -0.4 is 0 Å². The van der Waals surface area contributed by atoms with Crippen molar-refractivity contribution in [3.05, 3.63) is 35.5 Å². The van der Waals surface area contributed by atoms with E-state index in [1.165, 1.54) is 7.11 Å². The number of carbonyl (C=O) groups is 2. The number of carbonyl (C=O) groups excluding carboxylic acids is 2. The maximum Gasteiger partial charge on any atom is 0.308 e. The second-order valence-corrected chi connectivity index (χ2v) is 8.10. The van der Waals surface area contributed by atoms with Gasteiger partial charge in [-0.15, -0.1) is 0 Å². The molecule has 0 saturated carbocycles. The molecule has 0 spiro atoms. The van der Waals surface area contributed by atoms with Crippen LogP contribution in [0.2, 0.25) is 0 Å². The van der Waals surface area contributed by atoms with Crippen molar-refractivity contribution >= 4 is 22.8 Å². The molecule has 6 heteroatoms. The van der Waals surface area contributed by atoms with Crippen LogP contribution in [0.15, 0.2) is 24.3 Å². The first-order valence-corrected chi connectivity index (χ1v) is 10.5. The lowest BCUT2D eigenvalue weighted by Gasteiger charge is -2.45. The van der Waals surface area contributed by atoms with E-state index in [1.54, 1.807) is 6.92 Å². The Kier molecular flexibility index (Phi) is 6.63. The summed E-state index contributed by atoms with van der Waals surface area (Å²) in [5.41, 5.74) is 3.04. The van der Waals surface area contributed by atoms with Crippen LogP contribution in [0.1, 0.15) is 50.9 Å². The van der Waals surface area contributed by atoms with E-state index in [4.69, 9.17) is 4.74 Å². The van der Waals surface area contributed by atoms with Crippen LogP contribution in [-0.4, -0.2) is 47.1 Å². The topological polar surface area (TPSA) is 82.6 Å². The highest BCUT2D eigenvalue weighted by Crippen LogP contribution is 2.44. The van der Waals surface area contributed by atoms with Gasteiger partial charge in [0.1, 0.15) is 0 Å².